The van der Waals surface area contributed by atoms with E-state index in [-0.39, 0.29) is 25.1 Å². The quantitative estimate of drug-likeness (QED) is 0.318. The number of hydrogen-bond acceptors (Lipinski definition) is 15. The highest BCUT2D eigenvalue weighted by Gasteiger charge is 2.63. The molecule has 6 heterocycles. The monoisotopic (exact) mass is 797 g/mol. The van der Waals surface area contributed by atoms with Crippen LogP contribution in [0.5, 0.6) is 0 Å². The molecule has 2 unspecified atom stereocenters. The number of aryl methyl sites for hydroxylation is 1. The summed E-state index contributed by atoms with van der Waals surface area (Å²) in [7, 11) is -7.64. The SMILES string of the molecule is CC(C)OP1(=O)OC[C@H]2O[C@@H](n3ccc(N)nc3=O)C(Cl)(Cl)[C@@H]2O1.Cc1ccn([C@@H]2O[C@@H]3COP(=O)(OC(C)C)O[C@H]3C2(Cl)Cl)c(=O)n1. The van der Waals surface area contributed by atoms with Crippen molar-refractivity contribution < 1.29 is 45.7 Å². The zero-order valence-corrected chi connectivity index (χ0v) is 30.8. The van der Waals surface area contributed by atoms with Gasteiger partial charge in [0.05, 0.1) is 25.4 Å². The third-order valence-corrected chi connectivity index (χ3v) is 11.9. The molecule has 48 heavy (non-hydrogen) atoms. The first-order valence-electron chi connectivity index (χ1n) is 14.4. The van der Waals surface area contributed by atoms with Crippen molar-refractivity contribution in [1.82, 2.24) is 19.1 Å². The Morgan fingerprint density at radius 3 is 1.62 bits per heavy atom. The summed E-state index contributed by atoms with van der Waals surface area (Å²) in [6, 6.07) is 3.03. The average molecular weight is 799 g/mol. The number of anilines is 1. The summed E-state index contributed by atoms with van der Waals surface area (Å²) in [6.07, 6.45) is -3.55. The highest BCUT2D eigenvalue weighted by Crippen LogP contribution is 2.62. The third kappa shape index (κ3) is 7.85. The molecule has 0 radical (unpaired) electrons. The number of phosphoric ester groups is 2. The van der Waals surface area contributed by atoms with Gasteiger partial charge >= 0.3 is 27.0 Å². The summed E-state index contributed by atoms with van der Waals surface area (Å²) in [4.78, 5) is 31.5. The molecule has 0 spiro atoms. The van der Waals surface area contributed by atoms with E-state index in [1.807, 2.05) is 0 Å². The molecular formula is C25H33Cl4N5O12P2. The first-order valence-corrected chi connectivity index (χ1v) is 18.9. The summed E-state index contributed by atoms with van der Waals surface area (Å²) in [6.45, 7) is 8.24. The van der Waals surface area contributed by atoms with E-state index in [9.17, 15) is 18.7 Å². The van der Waals surface area contributed by atoms with Gasteiger partial charge in [0.25, 0.3) is 0 Å². The van der Waals surface area contributed by atoms with E-state index in [1.54, 1.807) is 40.7 Å². The highest BCUT2D eigenvalue weighted by molar-refractivity contribution is 7.48. The van der Waals surface area contributed by atoms with Gasteiger partial charge in [-0.15, -0.1) is 0 Å². The van der Waals surface area contributed by atoms with E-state index in [4.69, 9.17) is 88.8 Å². The van der Waals surface area contributed by atoms with Gasteiger partial charge in [-0.1, -0.05) is 46.4 Å². The Labute approximate surface area is 294 Å². The van der Waals surface area contributed by atoms with Crippen molar-refractivity contribution in [2.75, 3.05) is 18.9 Å². The Balaban J connectivity index is 0.000000188. The smallest absolute Gasteiger partial charge is 0.383 e. The Morgan fingerprint density at radius 2 is 1.23 bits per heavy atom. The van der Waals surface area contributed by atoms with Gasteiger partial charge in [-0.25, -0.2) is 18.7 Å². The Morgan fingerprint density at radius 1 is 0.812 bits per heavy atom. The largest absolute Gasteiger partial charge is 0.475 e. The predicted octanol–water partition coefficient (Wildman–Crippen LogP) is 4.42. The van der Waals surface area contributed by atoms with Crippen LogP contribution in [0.3, 0.4) is 0 Å². The van der Waals surface area contributed by atoms with Crippen LogP contribution in [0.2, 0.25) is 0 Å². The lowest BCUT2D eigenvalue weighted by molar-refractivity contribution is -0.0749. The summed E-state index contributed by atoms with van der Waals surface area (Å²) < 4.78 is 66.9. The topological polar surface area (TPSA) is 204 Å². The number of phosphoric acid groups is 2. The molecule has 0 aromatic carbocycles. The van der Waals surface area contributed by atoms with E-state index in [1.165, 1.54) is 23.0 Å². The molecule has 0 amide bonds. The molecular weight excluding hydrogens is 766 g/mol. The predicted molar refractivity (Wildman–Crippen MR) is 172 cm³/mol. The van der Waals surface area contributed by atoms with Crippen molar-refractivity contribution in [2.45, 2.75) is 92.4 Å². The van der Waals surface area contributed by atoms with E-state index in [0.29, 0.717) is 5.69 Å². The molecule has 0 aliphatic carbocycles. The van der Waals surface area contributed by atoms with Crippen LogP contribution in [-0.4, -0.2) is 77.6 Å². The van der Waals surface area contributed by atoms with Crippen LogP contribution in [0.15, 0.2) is 34.1 Å². The van der Waals surface area contributed by atoms with Crippen LogP contribution in [-0.2, 0) is 45.7 Å². The van der Waals surface area contributed by atoms with E-state index in [0.717, 1.165) is 4.57 Å². The first kappa shape index (κ1) is 38.1. The number of hydrogen-bond donors (Lipinski definition) is 1. The van der Waals surface area contributed by atoms with Gasteiger partial charge in [-0.3, -0.25) is 36.3 Å². The van der Waals surface area contributed by atoms with Crippen molar-refractivity contribution in [3.63, 3.8) is 0 Å². The second-order valence-electron chi connectivity index (χ2n) is 11.6. The zero-order valence-electron chi connectivity index (χ0n) is 26.0. The fourth-order valence-corrected chi connectivity index (χ4v) is 9.85. The summed E-state index contributed by atoms with van der Waals surface area (Å²) in [5, 5.41) is 0. The molecule has 6 rings (SSSR count). The van der Waals surface area contributed by atoms with E-state index < -0.39 is 78.7 Å². The van der Waals surface area contributed by atoms with Crippen molar-refractivity contribution in [3.05, 3.63) is 51.2 Å². The van der Waals surface area contributed by atoms with Gasteiger partial charge in [-0.05, 0) is 46.8 Å². The highest BCUT2D eigenvalue weighted by atomic mass is 35.5. The van der Waals surface area contributed by atoms with Crippen LogP contribution in [0.4, 0.5) is 5.82 Å². The maximum absolute atomic E-state index is 12.5. The molecule has 4 fully saturated rings. The lowest BCUT2D eigenvalue weighted by Crippen LogP contribution is -2.43. The molecule has 4 aliphatic heterocycles. The molecule has 0 bridgehead atoms. The molecule has 0 saturated carbocycles. The van der Waals surface area contributed by atoms with Gasteiger partial charge in [0.1, 0.15) is 30.2 Å². The summed E-state index contributed by atoms with van der Waals surface area (Å²) in [5.74, 6) is 0.0517. The number of rotatable bonds is 6. The van der Waals surface area contributed by atoms with Crippen LogP contribution in [0, 0.1) is 6.92 Å². The van der Waals surface area contributed by atoms with Crippen LogP contribution >= 0.6 is 62.0 Å². The van der Waals surface area contributed by atoms with Crippen LogP contribution in [0.1, 0.15) is 45.8 Å². The second kappa shape index (κ2) is 14.1. The summed E-state index contributed by atoms with van der Waals surface area (Å²) >= 11 is 25.6. The number of nitrogen functional groups attached to an aromatic ring is 1. The van der Waals surface area contributed by atoms with E-state index in [2.05, 4.69) is 9.97 Å². The minimum Gasteiger partial charge on any atom is -0.383 e. The van der Waals surface area contributed by atoms with E-state index >= 15 is 0 Å². The second-order valence-corrected chi connectivity index (χ2v) is 17.6. The minimum atomic E-state index is -3.83. The maximum atomic E-state index is 12.5. The number of nitrogens with zero attached hydrogens (tertiary/aromatic N) is 4. The molecule has 2 N–H and O–H groups in total. The number of nitrogens with two attached hydrogens (primary N) is 1. The molecule has 23 heteroatoms. The minimum absolute atomic E-state index is 0.0517. The normalized spacial score (nSPS) is 35.1. The number of fused-ring (bicyclic) bond motifs is 2. The van der Waals surface area contributed by atoms with Gasteiger partial charge in [0, 0.05) is 18.1 Å². The van der Waals surface area contributed by atoms with Gasteiger partial charge in [0.2, 0.25) is 0 Å². The molecule has 17 nitrogen and oxygen atoms in total. The van der Waals surface area contributed by atoms with Crippen LogP contribution < -0.4 is 17.1 Å². The Kier molecular flexibility index (Phi) is 11.2. The lowest BCUT2D eigenvalue weighted by atomic mass is 10.2. The van der Waals surface area contributed by atoms with Crippen molar-refractivity contribution in [3.8, 4) is 0 Å². The molecule has 2 aromatic rings. The van der Waals surface area contributed by atoms with Gasteiger partial charge < -0.3 is 15.2 Å². The number of halogens is 4. The first-order chi connectivity index (χ1) is 22.2. The fourth-order valence-electron chi connectivity index (χ4n) is 5.04. The lowest BCUT2D eigenvalue weighted by Gasteiger charge is -2.33. The van der Waals surface area contributed by atoms with Crippen LogP contribution in [0.25, 0.3) is 0 Å². The zero-order chi connectivity index (χ0) is 35.4. The van der Waals surface area contributed by atoms with Crippen molar-refractivity contribution >= 4 is 67.9 Å². The molecule has 268 valence electrons. The Bertz CT molecular complexity index is 1600. The van der Waals surface area contributed by atoms with Gasteiger partial charge in [0.15, 0.2) is 21.1 Å². The third-order valence-electron chi connectivity index (χ3n) is 6.98. The van der Waals surface area contributed by atoms with Gasteiger partial charge in [-0.2, -0.15) is 9.97 Å². The summed E-state index contributed by atoms with van der Waals surface area (Å²) in [5.41, 5.74) is 4.76. The number of alkyl halides is 4. The fraction of sp³-hybridized carbons (Fsp3) is 0.680. The number of aromatic nitrogens is 4. The molecule has 8 atom stereocenters. The standard InChI is InChI=1S/C13H17Cl2N2O6P.C12H16Cl2N3O6P/c1-7(2)22-24(19)20-6-9-10(23-24)13(14,15)11(21-9)17-5-4-8(3)16-12(17)18;1-6(2)22-24(19)20-5-7-9(23-24)12(13,14)10(21-7)17-4-3-8(15)16-11(17)18/h4-5,7,9-11H,6H2,1-3H3;3-4,6-7,9-10H,5H2,1-2H3,(H2,15,16,18)/t9-,10-,11-,24?;7-,9-,10-,24?/m11/s1. The van der Waals surface area contributed by atoms with Crippen molar-refractivity contribution in [2.24, 2.45) is 0 Å². The van der Waals surface area contributed by atoms with Crippen molar-refractivity contribution in [1.29, 1.82) is 0 Å². The Hall–Kier alpha value is -1.14. The average Bonchev–Trinajstić information content (AvgIpc) is 3.36. The maximum Gasteiger partial charge on any atom is 0.475 e. The molecule has 4 saturated heterocycles. The molecule has 2 aromatic heterocycles. The molecule has 4 aliphatic rings. The number of ether oxygens (including phenoxy) is 2.